The first-order valence-electron chi connectivity index (χ1n) is 9.69. The zero-order chi connectivity index (χ0) is 21.8. The Morgan fingerprint density at radius 3 is 2.87 bits per heavy atom. The van der Waals surface area contributed by atoms with E-state index in [1.54, 1.807) is 21.9 Å². The molecule has 0 aliphatic carbocycles. The molecule has 1 aromatic carbocycles. The predicted octanol–water partition coefficient (Wildman–Crippen LogP) is 4.33. The largest absolute Gasteiger partial charge is 0.368 e. The van der Waals surface area contributed by atoms with Crippen molar-refractivity contribution in [2.75, 3.05) is 17.2 Å². The van der Waals surface area contributed by atoms with Gasteiger partial charge >= 0.3 is 0 Å². The van der Waals surface area contributed by atoms with Gasteiger partial charge in [0.2, 0.25) is 5.95 Å². The van der Waals surface area contributed by atoms with Gasteiger partial charge in [0.25, 0.3) is 5.78 Å². The summed E-state index contributed by atoms with van der Waals surface area (Å²) < 4.78 is 1.64. The van der Waals surface area contributed by atoms with Gasteiger partial charge in [-0.2, -0.15) is 14.8 Å². The van der Waals surface area contributed by atoms with Crippen molar-refractivity contribution >= 4 is 40.5 Å². The third-order valence-corrected chi connectivity index (χ3v) is 5.94. The van der Waals surface area contributed by atoms with Crippen molar-refractivity contribution in [3.8, 4) is 6.07 Å². The summed E-state index contributed by atoms with van der Waals surface area (Å²) in [6.45, 7) is 2.44. The van der Waals surface area contributed by atoms with Gasteiger partial charge < -0.3 is 16.4 Å². The Hall–Kier alpha value is -3.19. The van der Waals surface area contributed by atoms with Gasteiger partial charge in [-0.15, -0.1) is 16.4 Å². The Morgan fingerprint density at radius 1 is 1.26 bits per heavy atom. The first-order valence-corrected chi connectivity index (χ1v) is 11.0. The van der Waals surface area contributed by atoms with Gasteiger partial charge in [0.1, 0.15) is 5.82 Å². The van der Waals surface area contributed by atoms with Crippen LogP contribution >= 0.6 is 22.9 Å². The summed E-state index contributed by atoms with van der Waals surface area (Å²) in [4.78, 5) is 10.1. The van der Waals surface area contributed by atoms with Crippen molar-refractivity contribution in [1.82, 2.24) is 19.6 Å². The number of nitrogens with one attached hydrogen (secondary N) is 2. The van der Waals surface area contributed by atoms with E-state index in [2.05, 4.69) is 31.8 Å². The predicted molar refractivity (Wildman–Crippen MR) is 123 cm³/mol. The molecule has 0 saturated carbocycles. The maximum atomic E-state index is 9.26. The quantitative estimate of drug-likeness (QED) is 0.364. The topological polar surface area (TPSA) is 117 Å². The molecular weight excluding hydrogens is 432 g/mol. The van der Waals surface area contributed by atoms with Crippen molar-refractivity contribution in [3.63, 3.8) is 0 Å². The van der Waals surface area contributed by atoms with Gasteiger partial charge in [-0.05, 0) is 36.1 Å². The van der Waals surface area contributed by atoms with E-state index in [4.69, 9.17) is 17.3 Å². The number of halogens is 1. The molecule has 31 heavy (non-hydrogen) atoms. The van der Waals surface area contributed by atoms with E-state index in [-0.39, 0.29) is 18.5 Å². The van der Waals surface area contributed by atoms with E-state index in [0.717, 1.165) is 22.0 Å². The number of nitriles is 1. The Balaban J connectivity index is 1.58. The highest BCUT2D eigenvalue weighted by atomic mass is 35.5. The van der Waals surface area contributed by atoms with E-state index in [1.165, 1.54) is 0 Å². The molecule has 8 nitrogen and oxygen atoms in total. The molecular formula is C21H21ClN8S. The monoisotopic (exact) mass is 452 g/mol. The van der Waals surface area contributed by atoms with Crippen LogP contribution in [0.15, 0.2) is 47.8 Å². The van der Waals surface area contributed by atoms with Crippen molar-refractivity contribution in [2.45, 2.75) is 25.4 Å². The van der Waals surface area contributed by atoms with Crippen LogP contribution in [0, 0.1) is 18.3 Å². The zero-order valence-corrected chi connectivity index (χ0v) is 18.4. The van der Waals surface area contributed by atoms with E-state index in [1.807, 2.05) is 48.7 Å². The fourth-order valence-corrected chi connectivity index (χ4v) is 4.14. The van der Waals surface area contributed by atoms with Crippen LogP contribution in [0.2, 0.25) is 5.02 Å². The van der Waals surface area contributed by atoms with Crippen LogP contribution in [0.25, 0.3) is 5.78 Å². The van der Waals surface area contributed by atoms with Gasteiger partial charge in [-0.1, -0.05) is 29.8 Å². The second-order valence-corrected chi connectivity index (χ2v) is 8.46. The average molecular weight is 453 g/mol. The fraction of sp³-hybridized carbons (Fsp3) is 0.238. The molecule has 0 unspecified atom stereocenters. The van der Waals surface area contributed by atoms with Crippen molar-refractivity contribution in [1.29, 1.82) is 5.26 Å². The maximum absolute atomic E-state index is 9.26. The minimum Gasteiger partial charge on any atom is -0.368 e. The molecule has 0 amide bonds. The van der Waals surface area contributed by atoms with Crippen LogP contribution in [-0.2, 0) is 0 Å². The highest BCUT2D eigenvalue weighted by Gasteiger charge is 2.17. The van der Waals surface area contributed by atoms with Crippen molar-refractivity contribution in [3.05, 3.63) is 69.0 Å². The summed E-state index contributed by atoms with van der Waals surface area (Å²) in [7, 11) is 0. The number of hydrogen-bond donors (Lipinski definition) is 3. The van der Waals surface area contributed by atoms with Crippen LogP contribution in [0.5, 0.6) is 0 Å². The molecule has 0 fully saturated rings. The summed E-state index contributed by atoms with van der Waals surface area (Å²) in [5.74, 6) is 1.58. The summed E-state index contributed by atoms with van der Waals surface area (Å²) in [5.41, 5.74) is 7.98. The van der Waals surface area contributed by atoms with Gasteiger partial charge in [-0.3, -0.25) is 0 Å². The molecule has 0 aliphatic rings. The lowest BCUT2D eigenvalue weighted by molar-refractivity contribution is 0.767. The van der Waals surface area contributed by atoms with Crippen LogP contribution in [-0.4, -0.2) is 26.1 Å². The lowest BCUT2D eigenvalue weighted by Crippen LogP contribution is -2.21. The normalized spacial score (nSPS) is 13.0. The number of fused-ring (bicyclic) bond motifs is 1. The van der Waals surface area contributed by atoms with E-state index in [0.29, 0.717) is 23.3 Å². The third-order valence-electron chi connectivity index (χ3n) is 4.70. The molecule has 0 bridgehead atoms. The van der Waals surface area contributed by atoms with E-state index >= 15 is 0 Å². The van der Waals surface area contributed by atoms with Crippen molar-refractivity contribution in [2.24, 2.45) is 5.73 Å². The van der Waals surface area contributed by atoms with Gasteiger partial charge in [-0.25, -0.2) is 4.98 Å². The SMILES string of the molecule is Cc1cc(NC[C@@H](N)c2cccs2)n2nc(N[C@H](CC#N)c3cccc(Cl)c3)nc2n1. The molecule has 0 aliphatic heterocycles. The third kappa shape index (κ3) is 4.94. The molecule has 4 rings (SSSR count). The van der Waals surface area contributed by atoms with Crippen LogP contribution in [0.4, 0.5) is 11.8 Å². The maximum Gasteiger partial charge on any atom is 0.256 e. The summed E-state index contributed by atoms with van der Waals surface area (Å²) in [5, 5.41) is 23.0. The van der Waals surface area contributed by atoms with Crippen LogP contribution < -0.4 is 16.4 Å². The fourth-order valence-electron chi connectivity index (χ4n) is 3.21. The second-order valence-electron chi connectivity index (χ2n) is 7.05. The Kier molecular flexibility index (Phi) is 6.32. The zero-order valence-electron chi connectivity index (χ0n) is 16.8. The summed E-state index contributed by atoms with van der Waals surface area (Å²) >= 11 is 7.75. The second kappa shape index (κ2) is 9.31. The van der Waals surface area contributed by atoms with Gasteiger partial charge in [0, 0.05) is 28.2 Å². The van der Waals surface area contributed by atoms with Crippen molar-refractivity contribution < 1.29 is 0 Å². The Bertz CT molecular complexity index is 1210. The van der Waals surface area contributed by atoms with Crippen LogP contribution in [0.1, 0.15) is 34.6 Å². The molecule has 3 aromatic heterocycles. The summed E-state index contributed by atoms with van der Waals surface area (Å²) in [6, 6.07) is 15.1. The standard InChI is InChI=1S/C21H21ClN8S/c1-13-10-19(25-12-16(24)18-6-3-9-31-18)30-21(26-13)28-20(29-30)27-17(7-8-23)14-4-2-5-15(22)11-14/h2-6,9-11,16-17,25H,7,12,24H2,1H3,(H,27,29)/t16-,17-/m1/s1. The highest BCUT2D eigenvalue weighted by molar-refractivity contribution is 7.10. The number of nitrogens with two attached hydrogens (primary N) is 1. The number of nitrogens with zero attached hydrogens (tertiary/aromatic N) is 5. The molecule has 10 heteroatoms. The number of benzene rings is 1. The first kappa shape index (κ1) is 21.1. The number of hydrogen-bond acceptors (Lipinski definition) is 8. The Morgan fingerprint density at radius 2 is 2.13 bits per heavy atom. The lowest BCUT2D eigenvalue weighted by atomic mass is 10.0. The number of rotatable bonds is 8. The molecule has 158 valence electrons. The minimum atomic E-state index is -0.300. The highest BCUT2D eigenvalue weighted by Crippen LogP contribution is 2.24. The molecule has 0 radical (unpaired) electrons. The number of thiophene rings is 1. The number of aromatic nitrogens is 4. The van der Waals surface area contributed by atoms with Crippen LogP contribution in [0.3, 0.4) is 0 Å². The summed E-state index contributed by atoms with van der Waals surface area (Å²) in [6.07, 6.45) is 0.239. The molecule has 2 atom stereocenters. The van der Waals surface area contributed by atoms with Gasteiger partial charge in [0.15, 0.2) is 0 Å². The number of aryl methyl sites for hydroxylation is 1. The van der Waals surface area contributed by atoms with E-state index in [9.17, 15) is 5.26 Å². The first-order chi connectivity index (χ1) is 15.0. The van der Waals surface area contributed by atoms with E-state index < -0.39 is 0 Å². The Labute approximate surface area is 188 Å². The smallest absolute Gasteiger partial charge is 0.256 e. The minimum absolute atomic E-state index is 0.132. The number of anilines is 2. The molecule has 4 aromatic rings. The molecule has 3 heterocycles. The molecule has 4 N–H and O–H groups in total. The van der Waals surface area contributed by atoms with Gasteiger partial charge in [0.05, 0.1) is 24.6 Å². The lowest BCUT2D eigenvalue weighted by Gasteiger charge is -2.15. The molecule has 0 spiro atoms. The molecule has 0 saturated heterocycles. The average Bonchev–Trinajstić information content (AvgIpc) is 3.41.